The Balaban J connectivity index is 0.000000237. The van der Waals surface area contributed by atoms with Crippen molar-refractivity contribution in [3.63, 3.8) is 0 Å². The van der Waals surface area contributed by atoms with E-state index in [0.29, 0.717) is 63.2 Å². The van der Waals surface area contributed by atoms with E-state index in [9.17, 15) is 8.42 Å². The standard InChI is InChI=1S/C35H30.C13H25N.C13H27P.C11H10N4.C7H8.C6H10N4O3S.2CH3.Fe/c1-6-16-26(17-7-1)31-32(27-18-8-2-9-19-27)34(29-22-12-4-13-23-29)35(30-24-14-5-15-25-30)33(31)28-20-10-3-11-21-28;1-14(12-8-4-2-5-9-12)13-10-6-3-7-11-13;1-12(2,3)14(13(4,5)6)11-9-7-8-10-11;1-9-12-14-11(15-13-9)8-7-10-5-3-2-4-6-10;1-7-5-3-2-4-6-7;1-5-7-9-6(10-8-5)3-4-13-14(2,11)12;;;/h1-25,31-35H;12-13H,2-11H2,1H3;11H,7-10H2,1-6H3;2-8H,1H3;2-6H,1H3;3-4H2,1-2H3;2*1H3;/q;;;;;;2*-1;+2/b;;;8-7+;;;;;. The molecule has 2 heterocycles. The summed E-state index contributed by atoms with van der Waals surface area (Å²) < 4.78 is 25.7. The van der Waals surface area contributed by atoms with E-state index < -0.39 is 10.1 Å². The first-order valence-corrected chi connectivity index (χ1v) is 39.4. The molecule has 0 unspecified atom stereocenters. The van der Waals surface area contributed by atoms with Gasteiger partial charge in [-0.3, -0.25) is 4.18 Å². The monoisotopic (exact) mass is 1450 g/mol. The molecule has 15 heteroatoms. The van der Waals surface area contributed by atoms with Crippen molar-refractivity contribution in [1.82, 2.24) is 45.7 Å². The summed E-state index contributed by atoms with van der Waals surface area (Å²) in [6.45, 7) is 20.2. The molecular weight excluding hydrogens is 1340 g/mol. The second-order valence-electron chi connectivity index (χ2n) is 28.9. The van der Waals surface area contributed by atoms with E-state index in [1.165, 1.54) is 123 Å². The van der Waals surface area contributed by atoms with Crippen molar-refractivity contribution in [2.75, 3.05) is 19.9 Å². The second kappa shape index (κ2) is 43.9. The van der Waals surface area contributed by atoms with Crippen molar-refractivity contribution in [2.24, 2.45) is 0 Å². The molecule has 0 N–H and O–H groups in total. The van der Waals surface area contributed by atoms with Crippen LogP contribution in [-0.2, 0) is 37.8 Å². The van der Waals surface area contributed by atoms with Gasteiger partial charge in [-0.05, 0) is 151 Å². The van der Waals surface area contributed by atoms with Crippen LogP contribution in [0.4, 0.5) is 0 Å². The van der Waals surface area contributed by atoms with Gasteiger partial charge in [0.1, 0.15) is 0 Å². The molecule has 4 fully saturated rings. The Morgan fingerprint density at radius 3 is 1.01 bits per heavy atom. The Kier molecular flexibility index (Phi) is 36.9. The average Bonchev–Trinajstić information content (AvgIpc) is 1.57. The van der Waals surface area contributed by atoms with Crippen LogP contribution in [0.1, 0.15) is 223 Å². The van der Waals surface area contributed by atoms with Crippen LogP contribution in [0.2, 0.25) is 0 Å². The van der Waals surface area contributed by atoms with Crippen molar-refractivity contribution in [3.8, 4) is 0 Å². The van der Waals surface area contributed by atoms with Crippen LogP contribution in [0.15, 0.2) is 212 Å². The molecule has 102 heavy (non-hydrogen) atoms. The fourth-order valence-electron chi connectivity index (χ4n) is 15.4. The summed E-state index contributed by atoms with van der Waals surface area (Å²) in [7, 11) is -0.862. The van der Waals surface area contributed by atoms with Gasteiger partial charge >= 0.3 is 17.1 Å². The Morgan fingerprint density at radius 2 is 0.716 bits per heavy atom. The smallest absolute Gasteiger partial charge is 0.358 e. The fourth-order valence-corrected chi connectivity index (χ4v) is 20.9. The van der Waals surface area contributed by atoms with Gasteiger partial charge in [-0.1, -0.05) is 325 Å². The second-order valence-corrected chi connectivity index (χ2v) is 34.7. The molecule has 0 radical (unpaired) electrons. The predicted octanol–water partition coefficient (Wildman–Crippen LogP) is 21.2. The van der Waals surface area contributed by atoms with Crippen LogP contribution in [0.5, 0.6) is 0 Å². The molecule has 4 saturated carbocycles. The van der Waals surface area contributed by atoms with Crippen LogP contribution in [0.25, 0.3) is 12.2 Å². The van der Waals surface area contributed by atoms with Crippen molar-refractivity contribution in [1.29, 1.82) is 0 Å². The van der Waals surface area contributed by atoms with Gasteiger partial charge < -0.3 is 19.8 Å². The number of rotatable bonds is 14. The Hall–Kier alpha value is -7.02. The summed E-state index contributed by atoms with van der Waals surface area (Å²) in [5, 5.41) is 31.2. The predicted molar refractivity (Wildman–Crippen MR) is 425 cm³/mol. The molecule has 2 aromatic heterocycles. The van der Waals surface area contributed by atoms with E-state index in [4.69, 9.17) is 0 Å². The summed E-state index contributed by atoms with van der Waals surface area (Å²) in [4.78, 5) is 2.72. The minimum absolute atomic E-state index is 0. The molecule has 9 aromatic rings. The number of aryl methyl sites for hydroxylation is 3. The summed E-state index contributed by atoms with van der Waals surface area (Å²) in [5.74, 6) is 3.71. The summed E-state index contributed by atoms with van der Waals surface area (Å²) >= 11 is 0. The van der Waals surface area contributed by atoms with Gasteiger partial charge in [0.15, 0.2) is 23.3 Å². The average molecular weight is 1450 g/mol. The van der Waals surface area contributed by atoms with Gasteiger partial charge in [0.2, 0.25) is 0 Å². The molecule has 12 nitrogen and oxygen atoms in total. The summed E-state index contributed by atoms with van der Waals surface area (Å²) in [6, 6.07) is 78.1. The normalized spacial score (nSPS) is 18.5. The molecule has 0 spiro atoms. The Labute approximate surface area is 627 Å². The largest absolute Gasteiger partial charge is 2.00 e. The van der Waals surface area contributed by atoms with Crippen LogP contribution < -0.4 is 0 Å². The maximum atomic E-state index is 10.6. The molecule has 4 aliphatic rings. The number of benzene rings is 7. The van der Waals surface area contributed by atoms with Crippen molar-refractivity contribution >= 4 is 30.2 Å². The van der Waals surface area contributed by atoms with Crippen LogP contribution in [0, 0.1) is 35.6 Å². The zero-order chi connectivity index (χ0) is 70.5. The van der Waals surface area contributed by atoms with Gasteiger partial charge in [0.05, 0.1) is 12.9 Å². The van der Waals surface area contributed by atoms with E-state index in [1.54, 1.807) is 19.9 Å². The van der Waals surface area contributed by atoms with Crippen LogP contribution in [-0.4, -0.2) is 102 Å². The molecule has 0 amide bonds. The maximum Gasteiger partial charge on any atom is 2.00 e. The first-order valence-electron chi connectivity index (χ1n) is 36.2. The molecule has 546 valence electrons. The van der Waals surface area contributed by atoms with E-state index >= 15 is 0 Å². The SMILES string of the molecule is CC(C)(C)P(C1CCCC1)C(C)(C)C.CN(C1CCCCC1)C1CCCCC1.Cc1ccccc1.Cc1nnc(/C=C/c2ccccc2)nn1.Cc1nnc(CCOS(C)(=O)=O)nn1.[CH3-].[CH3-].[Fe+2].c1ccc(C2C(c3ccccc3)C(c3ccccc3)C(c3ccccc3)C2c2ccccc2)cc1. The van der Waals surface area contributed by atoms with E-state index in [1.807, 2.05) is 54.6 Å². The Bertz CT molecular complexity index is 3510. The fraction of sp³-hybridized carbons (Fsp3) is 0.425. The number of aromatic nitrogens is 8. The molecule has 4 aliphatic carbocycles. The molecule has 0 bridgehead atoms. The third kappa shape index (κ3) is 27.9. The number of nitrogens with zero attached hydrogens (tertiary/aromatic N) is 9. The van der Waals surface area contributed by atoms with Gasteiger partial charge in [0, 0.05) is 18.5 Å². The van der Waals surface area contributed by atoms with Crippen molar-refractivity contribution in [3.05, 3.63) is 289 Å². The third-order valence-corrected chi connectivity index (χ3v) is 24.0. The Morgan fingerprint density at radius 1 is 0.422 bits per heavy atom. The van der Waals surface area contributed by atoms with Gasteiger partial charge in [0.25, 0.3) is 10.1 Å². The molecule has 0 aliphatic heterocycles. The van der Waals surface area contributed by atoms with Crippen molar-refractivity contribution in [2.45, 2.75) is 216 Å². The van der Waals surface area contributed by atoms with Gasteiger partial charge in [-0.25, -0.2) is 0 Å². The first-order chi connectivity index (χ1) is 47.7. The zero-order valence-electron chi connectivity index (χ0n) is 63.3. The topological polar surface area (TPSA) is 150 Å². The van der Waals surface area contributed by atoms with Crippen LogP contribution >= 0.6 is 7.92 Å². The van der Waals surface area contributed by atoms with Gasteiger partial charge in [-0.2, -0.15) is 8.42 Å². The molecule has 0 saturated heterocycles. The minimum atomic E-state index is -3.40. The van der Waals surface area contributed by atoms with E-state index in [-0.39, 0.29) is 52.9 Å². The van der Waals surface area contributed by atoms with E-state index in [2.05, 4.69) is 269 Å². The zero-order valence-corrected chi connectivity index (χ0v) is 66.1. The number of hydrogen-bond acceptors (Lipinski definition) is 12. The van der Waals surface area contributed by atoms with Gasteiger partial charge in [-0.15, -0.1) is 40.8 Å². The maximum absolute atomic E-state index is 10.6. The summed E-state index contributed by atoms with van der Waals surface area (Å²) in [5.41, 5.74) is 10.6. The quantitative estimate of drug-likeness (QED) is 0.0441. The van der Waals surface area contributed by atoms with E-state index in [0.717, 1.165) is 29.6 Å². The molecule has 0 atom stereocenters. The van der Waals surface area contributed by atoms with Crippen LogP contribution in [0.3, 0.4) is 0 Å². The molecular formula is C87H116FeN9O3PS. The minimum Gasteiger partial charge on any atom is -0.358 e. The molecule has 13 rings (SSSR count). The number of hydrogen-bond donors (Lipinski definition) is 0. The summed E-state index contributed by atoms with van der Waals surface area (Å²) in [6.07, 6.45) is 25.7. The molecule has 7 aromatic carbocycles. The first kappa shape index (κ1) is 85.6. The van der Waals surface area contributed by atoms with Crippen molar-refractivity contribution < 1.29 is 29.7 Å². The third-order valence-electron chi connectivity index (χ3n) is 19.3.